The Balaban J connectivity index is 1.92. The van der Waals surface area contributed by atoms with Crippen LogP contribution in [0.4, 0.5) is 4.39 Å². The lowest BCUT2D eigenvalue weighted by Gasteiger charge is -2.17. The lowest BCUT2D eigenvalue weighted by molar-refractivity contribution is 0.582. The first-order valence-corrected chi connectivity index (χ1v) is 8.29. The Kier molecular flexibility index (Phi) is 4.33. The zero-order valence-corrected chi connectivity index (χ0v) is 13.8. The van der Waals surface area contributed by atoms with Crippen LogP contribution in [-0.4, -0.2) is 12.0 Å². The van der Waals surface area contributed by atoms with Crippen LogP contribution >= 0.6 is 27.3 Å². The van der Waals surface area contributed by atoms with Gasteiger partial charge in [-0.1, -0.05) is 15.9 Å². The Morgan fingerprint density at radius 1 is 1.33 bits per heavy atom. The number of fused-ring (bicyclic) bond motifs is 1. The molecule has 1 unspecified atom stereocenters. The molecule has 3 rings (SSSR count). The highest BCUT2D eigenvalue weighted by Gasteiger charge is 2.14. The molecule has 0 saturated heterocycles. The summed E-state index contributed by atoms with van der Waals surface area (Å²) in [6.07, 6.45) is 2.59. The van der Waals surface area contributed by atoms with Gasteiger partial charge in [-0.05, 0) is 60.3 Å². The molecule has 2 nitrogen and oxygen atoms in total. The normalized spacial score (nSPS) is 12.7. The smallest absolute Gasteiger partial charge is 0.123 e. The molecule has 0 radical (unpaired) electrons. The van der Waals surface area contributed by atoms with Crippen molar-refractivity contribution in [2.75, 3.05) is 7.05 Å². The average Bonchev–Trinajstić information content (AvgIpc) is 2.95. The van der Waals surface area contributed by atoms with E-state index in [1.54, 1.807) is 23.5 Å². The van der Waals surface area contributed by atoms with Crippen LogP contribution in [0.15, 0.2) is 46.4 Å². The largest absolute Gasteiger partial charge is 0.313 e. The van der Waals surface area contributed by atoms with E-state index in [-0.39, 0.29) is 11.9 Å². The maximum absolute atomic E-state index is 13.4. The van der Waals surface area contributed by atoms with E-state index < -0.39 is 0 Å². The number of likely N-dealkylation sites (N-methyl/N-ethyl adjacent to an activating group) is 1. The van der Waals surface area contributed by atoms with Gasteiger partial charge in [0, 0.05) is 16.7 Å². The molecule has 2 aromatic heterocycles. The minimum absolute atomic E-state index is 0.0992. The molecule has 0 fully saturated rings. The van der Waals surface area contributed by atoms with Gasteiger partial charge in [-0.2, -0.15) is 0 Å². The predicted octanol–water partition coefficient (Wildman–Crippen LogP) is 4.70. The molecule has 5 heteroatoms. The molecule has 1 aromatic carbocycles. The molecule has 2 heterocycles. The Bertz CT molecular complexity index is 772. The Labute approximate surface area is 135 Å². The zero-order chi connectivity index (χ0) is 14.8. The molecule has 108 valence electrons. The molecule has 0 aliphatic carbocycles. The van der Waals surface area contributed by atoms with E-state index in [4.69, 9.17) is 0 Å². The van der Waals surface area contributed by atoms with Gasteiger partial charge < -0.3 is 5.32 Å². The molecule has 1 N–H and O–H groups in total. The van der Waals surface area contributed by atoms with Crippen molar-refractivity contribution in [1.82, 2.24) is 10.3 Å². The Morgan fingerprint density at radius 2 is 2.19 bits per heavy atom. The van der Waals surface area contributed by atoms with Crippen molar-refractivity contribution in [3.05, 3.63) is 63.3 Å². The number of nitrogens with one attached hydrogen (secondary N) is 1. The van der Waals surface area contributed by atoms with Gasteiger partial charge in [0.1, 0.15) is 5.82 Å². The summed E-state index contributed by atoms with van der Waals surface area (Å²) in [6, 6.07) is 9.05. The summed E-state index contributed by atoms with van der Waals surface area (Å²) in [5.74, 6) is -0.213. The van der Waals surface area contributed by atoms with Gasteiger partial charge in [0.05, 0.1) is 10.2 Å². The maximum Gasteiger partial charge on any atom is 0.123 e. The van der Waals surface area contributed by atoms with Gasteiger partial charge in [0.15, 0.2) is 0 Å². The number of nitrogens with zero attached hydrogens (tertiary/aromatic N) is 1. The number of pyridine rings is 1. The van der Waals surface area contributed by atoms with Gasteiger partial charge in [-0.25, -0.2) is 4.39 Å². The fourth-order valence-corrected chi connectivity index (χ4v) is 3.56. The minimum Gasteiger partial charge on any atom is -0.313 e. The highest BCUT2D eigenvalue weighted by Crippen LogP contribution is 2.27. The lowest BCUT2D eigenvalue weighted by Crippen LogP contribution is -2.19. The Morgan fingerprint density at radius 3 is 3.00 bits per heavy atom. The van der Waals surface area contributed by atoms with Crippen molar-refractivity contribution < 1.29 is 4.39 Å². The van der Waals surface area contributed by atoms with Crippen LogP contribution in [0.3, 0.4) is 0 Å². The number of hydrogen-bond donors (Lipinski definition) is 1. The van der Waals surface area contributed by atoms with Crippen molar-refractivity contribution in [2.24, 2.45) is 0 Å². The van der Waals surface area contributed by atoms with Crippen LogP contribution in [-0.2, 0) is 6.42 Å². The van der Waals surface area contributed by atoms with Crippen LogP contribution in [0.25, 0.3) is 10.2 Å². The van der Waals surface area contributed by atoms with Crippen LogP contribution in [0.2, 0.25) is 0 Å². The van der Waals surface area contributed by atoms with E-state index in [0.29, 0.717) is 6.42 Å². The summed E-state index contributed by atoms with van der Waals surface area (Å²) in [6.45, 7) is 0. The third-order valence-corrected chi connectivity index (χ3v) is 5.13. The number of rotatable bonds is 4. The fourth-order valence-electron chi connectivity index (χ4n) is 2.36. The third kappa shape index (κ3) is 3.15. The van der Waals surface area contributed by atoms with Gasteiger partial charge in [0.2, 0.25) is 0 Å². The van der Waals surface area contributed by atoms with Gasteiger partial charge in [-0.15, -0.1) is 11.3 Å². The second-order valence-corrected chi connectivity index (χ2v) is 6.66. The lowest BCUT2D eigenvalue weighted by atomic mass is 10.00. The van der Waals surface area contributed by atoms with Crippen LogP contribution in [0.1, 0.15) is 17.2 Å². The van der Waals surface area contributed by atoms with E-state index in [9.17, 15) is 4.39 Å². The molecule has 0 saturated carbocycles. The molecule has 0 amide bonds. The summed E-state index contributed by atoms with van der Waals surface area (Å²) in [5.41, 5.74) is 3.08. The number of hydrogen-bond acceptors (Lipinski definition) is 3. The second-order valence-electron chi connectivity index (χ2n) is 4.85. The zero-order valence-electron chi connectivity index (χ0n) is 11.4. The van der Waals surface area contributed by atoms with Crippen LogP contribution in [0.5, 0.6) is 0 Å². The summed E-state index contributed by atoms with van der Waals surface area (Å²) in [4.78, 5) is 4.48. The van der Waals surface area contributed by atoms with E-state index in [0.717, 1.165) is 21.1 Å². The molecule has 3 aromatic rings. The third-order valence-electron chi connectivity index (χ3n) is 3.51. The van der Waals surface area contributed by atoms with Crippen molar-refractivity contribution >= 4 is 37.5 Å². The minimum atomic E-state index is -0.213. The Hall–Kier alpha value is -1.30. The van der Waals surface area contributed by atoms with Crippen molar-refractivity contribution in [1.29, 1.82) is 0 Å². The second kappa shape index (κ2) is 6.22. The summed E-state index contributed by atoms with van der Waals surface area (Å²) >= 11 is 5.17. The molecular weight excluding hydrogens is 351 g/mol. The van der Waals surface area contributed by atoms with Crippen molar-refractivity contribution in [3.8, 4) is 0 Å². The van der Waals surface area contributed by atoms with Crippen molar-refractivity contribution in [2.45, 2.75) is 12.5 Å². The fraction of sp³-hybridized carbons (Fsp3) is 0.188. The number of halogens is 2. The summed E-state index contributed by atoms with van der Waals surface area (Å²) in [7, 11) is 1.91. The van der Waals surface area contributed by atoms with E-state index >= 15 is 0 Å². The van der Waals surface area contributed by atoms with Crippen molar-refractivity contribution in [3.63, 3.8) is 0 Å². The van der Waals surface area contributed by atoms with Crippen LogP contribution in [0, 0.1) is 5.82 Å². The molecule has 0 bridgehead atoms. The quantitative estimate of drug-likeness (QED) is 0.725. The first-order valence-electron chi connectivity index (χ1n) is 6.61. The number of benzene rings is 1. The van der Waals surface area contributed by atoms with Gasteiger partial charge >= 0.3 is 0 Å². The maximum atomic E-state index is 13.4. The monoisotopic (exact) mass is 364 g/mol. The van der Waals surface area contributed by atoms with Gasteiger partial charge in [-0.3, -0.25) is 4.98 Å². The molecule has 0 spiro atoms. The molecule has 0 aliphatic rings. The topological polar surface area (TPSA) is 24.9 Å². The van der Waals surface area contributed by atoms with Crippen LogP contribution < -0.4 is 5.32 Å². The molecule has 0 aliphatic heterocycles. The highest BCUT2D eigenvalue weighted by atomic mass is 79.9. The number of thiophene rings is 1. The molecule has 1 atom stereocenters. The number of aromatic nitrogens is 1. The molecular formula is C16H14BrFN2S. The van der Waals surface area contributed by atoms with E-state index in [1.807, 2.05) is 24.7 Å². The van der Waals surface area contributed by atoms with Gasteiger partial charge in [0.25, 0.3) is 0 Å². The summed E-state index contributed by atoms with van der Waals surface area (Å²) < 4.78 is 15.5. The predicted molar refractivity (Wildman–Crippen MR) is 89.2 cm³/mol. The first-order chi connectivity index (χ1) is 10.2. The SMILES string of the molecule is CNC(Cc1cc(F)ccc1Br)c1cnc2ccsc2c1. The molecule has 21 heavy (non-hydrogen) atoms. The highest BCUT2D eigenvalue weighted by molar-refractivity contribution is 9.10. The first kappa shape index (κ1) is 14.6. The summed E-state index contributed by atoms with van der Waals surface area (Å²) in [5, 5.41) is 5.33. The standard InChI is InChI=1S/C16H14BrFN2S/c1-19-15(7-10-6-12(18)2-3-13(10)17)11-8-16-14(20-9-11)4-5-21-16/h2-6,8-9,15,19H,7H2,1H3. The average molecular weight is 365 g/mol. The van der Waals surface area contributed by atoms with E-state index in [1.165, 1.54) is 10.8 Å². The van der Waals surface area contributed by atoms with E-state index in [2.05, 4.69) is 32.3 Å².